The van der Waals surface area contributed by atoms with E-state index >= 15 is 0 Å². The standard InChI is InChI=1S/C26H23N5O3.H2/c1-15-3-6-19(13-21(15)20-7-4-17(11-16(20)2)24-28-30-31-29-24)27-25(32)26(9-10-26)18-5-8-22-23(12-18)34-14-33-22;/h3-8,11-13H,9-10,14H2,1-2H3,(H,27,32)(H,28,29,30,31);1H. The van der Waals surface area contributed by atoms with Gasteiger partial charge in [0.15, 0.2) is 11.5 Å². The van der Waals surface area contributed by atoms with Crippen molar-refractivity contribution in [1.29, 1.82) is 0 Å². The van der Waals surface area contributed by atoms with Crippen LogP contribution >= 0.6 is 0 Å². The normalized spacial score (nSPS) is 15.2. The van der Waals surface area contributed by atoms with Gasteiger partial charge in [0.05, 0.1) is 5.41 Å². The van der Waals surface area contributed by atoms with Crippen molar-refractivity contribution in [2.45, 2.75) is 32.1 Å². The summed E-state index contributed by atoms with van der Waals surface area (Å²) in [4.78, 5) is 13.4. The Morgan fingerprint density at radius 3 is 2.59 bits per heavy atom. The molecule has 1 aliphatic carbocycles. The van der Waals surface area contributed by atoms with E-state index in [0.29, 0.717) is 11.6 Å². The highest BCUT2D eigenvalue weighted by molar-refractivity contribution is 6.02. The van der Waals surface area contributed by atoms with E-state index in [0.717, 1.165) is 57.7 Å². The van der Waals surface area contributed by atoms with Crippen LogP contribution in [0.3, 0.4) is 0 Å². The predicted octanol–water partition coefficient (Wildman–Crippen LogP) is 4.80. The SMILES string of the molecule is Cc1cc(-c2nn[nH]n2)ccc1-c1cc(NC(=O)C2(c3ccc4c(c3)OCO4)CC2)ccc1C.[HH]. The molecule has 2 aliphatic rings. The molecular formula is C26H25N5O3. The first-order valence-electron chi connectivity index (χ1n) is 11.2. The quantitative estimate of drug-likeness (QED) is 0.448. The van der Waals surface area contributed by atoms with Crippen molar-refractivity contribution < 1.29 is 15.7 Å². The predicted molar refractivity (Wildman–Crippen MR) is 129 cm³/mol. The number of tetrazole rings is 1. The molecule has 0 spiro atoms. The lowest BCUT2D eigenvalue weighted by Crippen LogP contribution is -2.27. The lowest BCUT2D eigenvalue weighted by Gasteiger charge is -2.18. The number of H-pyrrole nitrogens is 1. The number of aromatic amines is 1. The molecule has 2 heterocycles. The first-order valence-corrected chi connectivity index (χ1v) is 11.2. The lowest BCUT2D eigenvalue weighted by atomic mass is 9.93. The summed E-state index contributed by atoms with van der Waals surface area (Å²) in [6.45, 7) is 4.35. The first kappa shape index (κ1) is 20.4. The minimum atomic E-state index is -0.520. The summed E-state index contributed by atoms with van der Waals surface area (Å²) < 4.78 is 10.9. The second-order valence-corrected chi connectivity index (χ2v) is 8.90. The average Bonchev–Trinajstić information content (AvgIpc) is 3.24. The number of benzene rings is 3. The third kappa shape index (κ3) is 3.39. The number of carbonyl (C=O) groups is 1. The van der Waals surface area contributed by atoms with Crippen LogP contribution in [0.2, 0.25) is 0 Å². The van der Waals surface area contributed by atoms with Crippen LogP contribution in [0.1, 0.15) is 31.0 Å². The van der Waals surface area contributed by atoms with Crippen LogP contribution in [0.5, 0.6) is 11.5 Å². The van der Waals surface area contributed by atoms with Gasteiger partial charge in [-0.1, -0.05) is 24.3 Å². The van der Waals surface area contributed by atoms with Gasteiger partial charge in [0.2, 0.25) is 18.5 Å². The summed E-state index contributed by atoms with van der Waals surface area (Å²) in [5.74, 6) is 1.99. The molecule has 1 aliphatic heterocycles. The molecule has 6 rings (SSSR count). The largest absolute Gasteiger partial charge is 0.454 e. The third-order valence-corrected chi connectivity index (χ3v) is 6.73. The maximum Gasteiger partial charge on any atom is 0.235 e. The Kier molecular flexibility index (Phi) is 4.62. The van der Waals surface area contributed by atoms with Gasteiger partial charge in [0.1, 0.15) is 0 Å². The third-order valence-electron chi connectivity index (χ3n) is 6.73. The number of aromatic nitrogens is 4. The van der Waals surface area contributed by atoms with Crippen molar-refractivity contribution in [3.8, 4) is 34.0 Å². The highest BCUT2D eigenvalue weighted by atomic mass is 16.7. The molecule has 0 atom stereocenters. The molecule has 0 bridgehead atoms. The number of ether oxygens (including phenoxy) is 2. The van der Waals surface area contributed by atoms with Gasteiger partial charge in [0.25, 0.3) is 0 Å². The van der Waals surface area contributed by atoms with Gasteiger partial charge in [-0.05, 0) is 90.1 Å². The Hall–Kier alpha value is -4.20. The number of hydrogen-bond acceptors (Lipinski definition) is 6. The summed E-state index contributed by atoms with van der Waals surface area (Å²) in [6.07, 6.45) is 1.63. The zero-order valence-electron chi connectivity index (χ0n) is 18.9. The van der Waals surface area contributed by atoms with E-state index in [1.807, 2.05) is 48.5 Å². The maximum absolute atomic E-state index is 13.4. The molecule has 4 aromatic rings. The second kappa shape index (κ2) is 7.69. The highest BCUT2D eigenvalue weighted by Gasteiger charge is 2.51. The van der Waals surface area contributed by atoms with Gasteiger partial charge in [-0.3, -0.25) is 4.79 Å². The van der Waals surface area contributed by atoms with Crippen molar-refractivity contribution in [2.75, 3.05) is 12.1 Å². The zero-order chi connectivity index (χ0) is 23.3. The zero-order valence-corrected chi connectivity index (χ0v) is 18.9. The Morgan fingerprint density at radius 2 is 1.82 bits per heavy atom. The number of carbonyl (C=O) groups excluding carboxylic acids is 1. The number of nitrogens with one attached hydrogen (secondary N) is 2. The lowest BCUT2D eigenvalue weighted by molar-refractivity contribution is -0.118. The molecular weight excluding hydrogens is 430 g/mol. The van der Waals surface area contributed by atoms with Crippen molar-refractivity contribution in [3.63, 3.8) is 0 Å². The van der Waals surface area contributed by atoms with Crippen LogP contribution in [0, 0.1) is 13.8 Å². The van der Waals surface area contributed by atoms with Crippen molar-refractivity contribution in [1.82, 2.24) is 20.6 Å². The molecule has 8 heteroatoms. The molecule has 2 N–H and O–H groups in total. The van der Waals surface area contributed by atoms with E-state index < -0.39 is 5.41 Å². The first-order chi connectivity index (χ1) is 16.5. The molecule has 1 fully saturated rings. The molecule has 1 saturated carbocycles. The summed E-state index contributed by atoms with van der Waals surface area (Å²) in [5, 5.41) is 17.4. The number of nitrogens with zero attached hydrogens (tertiary/aromatic N) is 3. The van der Waals surface area contributed by atoms with E-state index in [1.54, 1.807) is 0 Å². The summed E-state index contributed by atoms with van der Waals surface area (Å²) in [5.41, 5.74) is 6.51. The minimum Gasteiger partial charge on any atom is -0.454 e. The Bertz CT molecular complexity index is 1420. The molecule has 34 heavy (non-hydrogen) atoms. The van der Waals surface area contributed by atoms with Crippen LogP contribution in [0.15, 0.2) is 54.6 Å². The fourth-order valence-electron chi connectivity index (χ4n) is 4.60. The van der Waals surface area contributed by atoms with Gasteiger partial charge in [-0.15, -0.1) is 10.2 Å². The highest BCUT2D eigenvalue weighted by Crippen LogP contribution is 2.51. The van der Waals surface area contributed by atoms with E-state index in [2.05, 4.69) is 45.9 Å². The Labute approximate surface area is 197 Å². The van der Waals surface area contributed by atoms with Crippen LogP contribution in [-0.4, -0.2) is 33.3 Å². The van der Waals surface area contributed by atoms with Gasteiger partial charge in [0, 0.05) is 12.7 Å². The van der Waals surface area contributed by atoms with Crippen molar-refractivity contribution in [3.05, 3.63) is 71.3 Å². The number of rotatable bonds is 5. The maximum atomic E-state index is 13.4. The second-order valence-electron chi connectivity index (χ2n) is 8.90. The van der Waals surface area contributed by atoms with Crippen LogP contribution in [-0.2, 0) is 10.2 Å². The van der Waals surface area contributed by atoms with Gasteiger partial charge >= 0.3 is 0 Å². The van der Waals surface area contributed by atoms with Crippen molar-refractivity contribution in [2.24, 2.45) is 0 Å². The van der Waals surface area contributed by atoms with Gasteiger partial charge in [-0.2, -0.15) is 5.21 Å². The number of aryl methyl sites for hydroxylation is 2. The monoisotopic (exact) mass is 455 g/mol. The van der Waals surface area contributed by atoms with Crippen molar-refractivity contribution >= 4 is 11.6 Å². The molecule has 1 amide bonds. The number of amides is 1. The Morgan fingerprint density at radius 1 is 0.971 bits per heavy atom. The summed E-state index contributed by atoms with van der Waals surface area (Å²) in [7, 11) is 0. The summed E-state index contributed by atoms with van der Waals surface area (Å²) >= 11 is 0. The van der Waals surface area contributed by atoms with E-state index in [4.69, 9.17) is 9.47 Å². The molecule has 0 radical (unpaired) electrons. The average molecular weight is 456 g/mol. The molecule has 0 unspecified atom stereocenters. The van der Waals surface area contributed by atoms with Gasteiger partial charge < -0.3 is 14.8 Å². The molecule has 0 saturated heterocycles. The smallest absolute Gasteiger partial charge is 0.235 e. The number of fused-ring (bicyclic) bond motifs is 1. The summed E-state index contributed by atoms with van der Waals surface area (Å²) in [6, 6.07) is 17.9. The van der Waals surface area contributed by atoms with Crippen LogP contribution in [0.25, 0.3) is 22.5 Å². The van der Waals surface area contributed by atoms with Crippen LogP contribution in [0.4, 0.5) is 5.69 Å². The topological polar surface area (TPSA) is 102 Å². The fraction of sp³-hybridized carbons (Fsp3) is 0.231. The van der Waals surface area contributed by atoms with Crippen LogP contribution < -0.4 is 14.8 Å². The molecule has 8 nitrogen and oxygen atoms in total. The molecule has 172 valence electrons. The fourth-order valence-corrected chi connectivity index (χ4v) is 4.60. The number of anilines is 1. The minimum absolute atomic E-state index is 0. The molecule has 1 aromatic heterocycles. The Balaban J connectivity index is 0.00000253. The van der Waals surface area contributed by atoms with E-state index in [9.17, 15) is 4.79 Å². The van der Waals surface area contributed by atoms with Gasteiger partial charge in [-0.25, -0.2) is 0 Å². The van der Waals surface area contributed by atoms with E-state index in [1.165, 1.54) is 0 Å². The van der Waals surface area contributed by atoms with E-state index in [-0.39, 0.29) is 14.1 Å². The molecule has 3 aromatic carbocycles. The number of hydrogen-bond donors (Lipinski definition) is 2.